The number of pyridine rings is 1. The Kier molecular flexibility index (Phi) is 3.30. The van der Waals surface area contributed by atoms with Crippen molar-refractivity contribution in [1.82, 2.24) is 9.88 Å². The van der Waals surface area contributed by atoms with Crippen molar-refractivity contribution in [2.45, 2.75) is 11.9 Å². The minimum Gasteiger partial charge on any atom is -0.345 e. The van der Waals surface area contributed by atoms with E-state index in [1.165, 1.54) is 25.1 Å². The lowest BCUT2D eigenvalue weighted by Gasteiger charge is -2.12. The number of amides is 1. The second-order valence-corrected chi connectivity index (χ2v) is 5.03. The third-order valence-corrected chi connectivity index (χ3v) is 2.76. The molecule has 6 nitrogen and oxygen atoms in total. The van der Waals surface area contributed by atoms with Gasteiger partial charge in [0.2, 0.25) is 0 Å². The van der Waals surface area contributed by atoms with Crippen molar-refractivity contribution in [1.29, 1.82) is 0 Å². The summed E-state index contributed by atoms with van der Waals surface area (Å²) in [7, 11) is -0.947. The average molecular weight is 243 g/mol. The maximum absolute atomic E-state index is 11.7. The van der Waals surface area contributed by atoms with Gasteiger partial charge in [0.25, 0.3) is 15.9 Å². The second kappa shape index (κ2) is 4.18. The quantitative estimate of drug-likeness (QED) is 0.774. The number of nitrogens with two attached hydrogens (primary N) is 1. The fraction of sp³-hybridized carbons (Fsp3) is 0.333. The van der Waals surface area contributed by atoms with E-state index in [9.17, 15) is 13.2 Å². The Morgan fingerprint density at radius 2 is 1.94 bits per heavy atom. The Morgan fingerprint density at radius 1 is 1.38 bits per heavy atom. The molecule has 0 aliphatic heterocycles. The highest BCUT2D eigenvalue weighted by molar-refractivity contribution is 7.89. The van der Waals surface area contributed by atoms with Crippen molar-refractivity contribution >= 4 is 15.9 Å². The molecule has 0 saturated heterocycles. The lowest BCUT2D eigenvalue weighted by Crippen LogP contribution is -2.26. The van der Waals surface area contributed by atoms with Crippen LogP contribution in [0, 0.1) is 6.92 Å². The first-order valence-corrected chi connectivity index (χ1v) is 6.00. The minimum absolute atomic E-state index is 0.0156. The molecule has 0 unspecified atom stereocenters. The van der Waals surface area contributed by atoms with Gasteiger partial charge in [0.15, 0.2) is 5.03 Å². The van der Waals surface area contributed by atoms with Gasteiger partial charge in [-0.05, 0) is 19.1 Å². The smallest absolute Gasteiger partial charge is 0.256 e. The summed E-state index contributed by atoms with van der Waals surface area (Å²) in [6.45, 7) is 1.62. The molecule has 1 heterocycles. The molecule has 0 aliphatic carbocycles. The molecule has 1 amide bonds. The van der Waals surface area contributed by atoms with Crippen molar-refractivity contribution in [2.24, 2.45) is 5.14 Å². The molecule has 16 heavy (non-hydrogen) atoms. The number of nitrogens with zero attached hydrogens (tertiary/aromatic N) is 2. The molecule has 7 heteroatoms. The standard InChI is InChI=1S/C9H13N3O3S/c1-6-4-5-7(9(13)12(2)3)8(11-6)16(10,14)15/h4-5H,1-3H3,(H2,10,14,15). The Balaban J connectivity index is 3.47. The first-order chi connectivity index (χ1) is 7.23. The molecule has 0 spiro atoms. The van der Waals surface area contributed by atoms with Gasteiger partial charge < -0.3 is 4.90 Å². The van der Waals surface area contributed by atoms with Gasteiger partial charge in [-0.3, -0.25) is 4.79 Å². The largest absolute Gasteiger partial charge is 0.345 e. The number of aromatic nitrogens is 1. The third kappa shape index (κ3) is 2.56. The summed E-state index contributed by atoms with van der Waals surface area (Å²) < 4.78 is 22.6. The van der Waals surface area contributed by atoms with E-state index in [-0.39, 0.29) is 10.6 Å². The van der Waals surface area contributed by atoms with Crippen molar-refractivity contribution in [3.63, 3.8) is 0 Å². The van der Waals surface area contributed by atoms with Gasteiger partial charge in [-0.2, -0.15) is 0 Å². The summed E-state index contributed by atoms with van der Waals surface area (Å²) in [5.41, 5.74) is 0.470. The summed E-state index contributed by atoms with van der Waals surface area (Å²) in [6, 6.07) is 2.97. The predicted molar refractivity (Wildman–Crippen MR) is 58.4 cm³/mol. The molecule has 0 bridgehead atoms. The normalized spacial score (nSPS) is 11.2. The van der Waals surface area contributed by atoms with Gasteiger partial charge in [-0.25, -0.2) is 18.5 Å². The number of carbonyl (C=O) groups excluding carboxylic acids is 1. The van der Waals surface area contributed by atoms with Crippen LogP contribution in [0.1, 0.15) is 16.1 Å². The molecular weight excluding hydrogens is 230 g/mol. The maximum atomic E-state index is 11.7. The zero-order chi connectivity index (χ0) is 12.5. The third-order valence-electron chi connectivity index (χ3n) is 1.91. The second-order valence-electron chi connectivity index (χ2n) is 3.55. The molecule has 0 fully saturated rings. The van der Waals surface area contributed by atoms with Crippen LogP contribution in [-0.2, 0) is 10.0 Å². The van der Waals surface area contributed by atoms with Gasteiger partial charge in [-0.15, -0.1) is 0 Å². The molecule has 1 aromatic heterocycles. The number of sulfonamides is 1. The molecule has 0 aromatic carbocycles. The van der Waals surface area contributed by atoms with Crippen LogP contribution < -0.4 is 5.14 Å². The minimum atomic E-state index is -3.99. The van der Waals surface area contributed by atoms with Gasteiger partial charge in [0.05, 0.1) is 5.56 Å². The number of carbonyl (C=O) groups is 1. The SMILES string of the molecule is Cc1ccc(C(=O)N(C)C)c(S(N)(=O)=O)n1. The zero-order valence-electron chi connectivity index (χ0n) is 9.26. The molecule has 2 N–H and O–H groups in total. The van der Waals surface area contributed by atoms with E-state index >= 15 is 0 Å². The first-order valence-electron chi connectivity index (χ1n) is 4.45. The van der Waals surface area contributed by atoms with Crippen LogP contribution in [0.2, 0.25) is 0 Å². The van der Waals surface area contributed by atoms with Crippen molar-refractivity contribution < 1.29 is 13.2 Å². The molecule has 0 radical (unpaired) electrons. The van der Waals surface area contributed by atoms with Crippen LogP contribution >= 0.6 is 0 Å². The van der Waals surface area contributed by atoms with Crippen molar-refractivity contribution in [2.75, 3.05) is 14.1 Å². The number of aryl methyl sites for hydroxylation is 1. The van der Waals surface area contributed by atoms with Crippen LogP contribution in [0.3, 0.4) is 0 Å². The number of hydrogen-bond donors (Lipinski definition) is 1. The lowest BCUT2D eigenvalue weighted by molar-refractivity contribution is 0.0823. The van der Waals surface area contributed by atoms with Crippen LogP contribution in [0.5, 0.6) is 0 Å². The Morgan fingerprint density at radius 3 is 2.38 bits per heavy atom. The summed E-state index contributed by atoms with van der Waals surface area (Å²) in [5, 5.41) is 4.62. The Hall–Kier alpha value is -1.47. The molecule has 1 rings (SSSR count). The summed E-state index contributed by atoms with van der Waals surface area (Å²) in [6.07, 6.45) is 0. The molecule has 0 atom stereocenters. The number of hydrogen-bond acceptors (Lipinski definition) is 4. The van der Waals surface area contributed by atoms with E-state index in [2.05, 4.69) is 4.98 Å². The molecule has 0 saturated carbocycles. The van der Waals surface area contributed by atoms with Gasteiger partial charge in [0, 0.05) is 19.8 Å². The highest BCUT2D eigenvalue weighted by Crippen LogP contribution is 2.13. The Bertz CT molecular complexity index is 523. The zero-order valence-corrected chi connectivity index (χ0v) is 10.1. The predicted octanol–water partition coefficient (Wildman–Crippen LogP) is -0.261. The van der Waals surface area contributed by atoms with Gasteiger partial charge >= 0.3 is 0 Å². The summed E-state index contributed by atoms with van der Waals surface area (Å²) in [4.78, 5) is 16.7. The van der Waals surface area contributed by atoms with E-state index in [4.69, 9.17) is 5.14 Å². The van der Waals surface area contributed by atoms with E-state index in [1.54, 1.807) is 13.0 Å². The highest BCUT2D eigenvalue weighted by Gasteiger charge is 2.22. The topological polar surface area (TPSA) is 93.4 Å². The number of primary sulfonamides is 1. The van der Waals surface area contributed by atoms with Crippen LogP contribution in [-0.4, -0.2) is 38.3 Å². The summed E-state index contributed by atoms with van der Waals surface area (Å²) in [5.74, 6) is -0.448. The molecule has 1 aromatic rings. The van der Waals surface area contributed by atoms with E-state index in [0.717, 1.165) is 0 Å². The fourth-order valence-corrected chi connectivity index (χ4v) is 1.89. The Labute approximate surface area is 94.1 Å². The average Bonchev–Trinajstić information content (AvgIpc) is 2.15. The van der Waals surface area contributed by atoms with Crippen LogP contribution in [0.4, 0.5) is 0 Å². The fourth-order valence-electron chi connectivity index (χ4n) is 1.15. The monoisotopic (exact) mass is 243 g/mol. The molecule has 0 aliphatic rings. The van der Waals surface area contributed by atoms with Crippen molar-refractivity contribution in [3.05, 3.63) is 23.4 Å². The van der Waals surface area contributed by atoms with E-state index < -0.39 is 15.9 Å². The van der Waals surface area contributed by atoms with Crippen LogP contribution in [0.15, 0.2) is 17.2 Å². The highest BCUT2D eigenvalue weighted by atomic mass is 32.2. The van der Waals surface area contributed by atoms with E-state index in [0.29, 0.717) is 5.69 Å². The van der Waals surface area contributed by atoms with Gasteiger partial charge in [-0.1, -0.05) is 0 Å². The first kappa shape index (κ1) is 12.6. The van der Waals surface area contributed by atoms with Gasteiger partial charge in [0.1, 0.15) is 0 Å². The number of rotatable bonds is 2. The molecule has 88 valence electrons. The van der Waals surface area contributed by atoms with Crippen molar-refractivity contribution in [3.8, 4) is 0 Å². The van der Waals surface area contributed by atoms with Crippen LogP contribution in [0.25, 0.3) is 0 Å². The molecular formula is C9H13N3O3S. The lowest BCUT2D eigenvalue weighted by atomic mass is 10.2. The summed E-state index contributed by atoms with van der Waals surface area (Å²) >= 11 is 0. The van der Waals surface area contributed by atoms with E-state index in [1.807, 2.05) is 0 Å². The maximum Gasteiger partial charge on any atom is 0.256 e.